The highest BCUT2D eigenvalue weighted by Crippen LogP contribution is 2.12. The van der Waals surface area contributed by atoms with Gasteiger partial charge in [0.1, 0.15) is 0 Å². The average Bonchev–Trinajstić information content (AvgIpc) is 2.12. The summed E-state index contributed by atoms with van der Waals surface area (Å²) in [6.45, 7) is 2.92. The molecule has 2 fully saturated rings. The molecular weight excluding hydrogens is 184 g/mol. The molecule has 2 heterocycles. The fourth-order valence-corrected chi connectivity index (χ4v) is 1.94. The van der Waals surface area contributed by atoms with Crippen molar-refractivity contribution in [2.75, 3.05) is 26.3 Å². The Hall–Kier alpha value is -0.810. The largest absolute Gasteiger partial charge is 0.465 e. The van der Waals surface area contributed by atoms with Crippen molar-refractivity contribution in [3.8, 4) is 0 Å². The summed E-state index contributed by atoms with van der Waals surface area (Å²) in [7, 11) is 0. The lowest BCUT2D eigenvalue weighted by Gasteiger charge is -2.40. The minimum absolute atomic E-state index is 0.356. The molecule has 0 bridgehead atoms. The Bertz CT molecular complexity index is 210. The van der Waals surface area contributed by atoms with Gasteiger partial charge in [-0.15, -0.1) is 0 Å². The molecule has 5 heteroatoms. The molecule has 0 saturated carbocycles. The minimum atomic E-state index is -0.810. The zero-order valence-corrected chi connectivity index (χ0v) is 8.11. The van der Waals surface area contributed by atoms with Gasteiger partial charge in [0.25, 0.3) is 0 Å². The maximum atomic E-state index is 10.5. The molecule has 80 valence electrons. The van der Waals surface area contributed by atoms with Crippen molar-refractivity contribution < 1.29 is 14.6 Å². The van der Waals surface area contributed by atoms with E-state index in [1.165, 1.54) is 4.90 Å². The van der Waals surface area contributed by atoms with Gasteiger partial charge in [0, 0.05) is 38.4 Å². The summed E-state index contributed by atoms with van der Waals surface area (Å²) in [6, 6.07) is 0.874. The van der Waals surface area contributed by atoms with Crippen molar-refractivity contribution in [1.29, 1.82) is 0 Å². The summed E-state index contributed by atoms with van der Waals surface area (Å²) in [5.41, 5.74) is 0. The molecule has 14 heavy (non-hydrogen) atoms. The van der Waals surface area contributed by atoms with E-state index in [4.69, 9.17) is 9.84 Å². The van der Waals surface area contributed by atoms with Crippen LogP contribution in [0.25, 0.3) is 0 Å². The van der Waals surface area contributed by atoms with E-state index in [9.17, 15) is 4.79 Å². The molecule has 0 aromatic carbocycles. The van der Waals surface area contributed by atoms with Crippen molar-refractivity contribution in [2.24, 2.45) is 0 Å². The molecule has 2 aliphatic heterocycles. The van der Waals surface area contributed by atoms with E-state index in [1.54, 1.807) is 0 Å². The second kappa shape index (κ2) is 4.14. The van der Waals surface area contributed by atoms with E-state index in [2.05, 4.69) is 5.32 Å². The van der Waals surface area contributed by atoms with E-state index in [1.807, 2.05) is 0 Å². The average molecular weight is 200 g/mol. The second-order valence-electron chi connectivity index (χ2n) is 3.94. The van der Waals surface area contributed by atoms with Gasteiger partial charge >= 0.3 is 6.09 Å². The second-order valence-corrected chi connectivity index (χ2v) is 3.94. The molecule has 0 spiro atoms. The van der Waals surface area contributed by atoms with Gasteiger partial charge in [-0.1, -0.05) is 0 Å². The van der Waals surface area contributed by atoms with E-state index in [0.717, 1.165) is 26.1 Å². The van der Waals surface area contributed by atoms with Crippen molar-refractivity contribution in [2.45, 2.75) is 24.9 Å². The highest BCUT2D eigenvalue weighted by molar-refractivity contribution is 5.66. The molecule has 0 unspecified atom stereocenters. The quantitative estimate of drug-likeness (QED) is 0.664. The van der Waals surface area contributed by atoms with E-state index < -0.39 is 6.09 Å². The number of rotatable bonds is 2. The van der Waals surface area contributed by atoms with Crippen LogP contribution in [0.15, 0.2) is 0 Å². The maximum Gasteiger partial charge on any atom is 0.407 e. The van der Waals surface area contributed by atoms with Gasteiger partial charge in [-0.3, -0.25) is 0 Å². The smallest absolute Gasteiger partial charge is 0.407 e. The molecule has 2 rings (SSSR count). The molecular formula is C9H16N2O3. The van der Waals surface area contributed by atoms with Crippen molar-refractivity contribution >= 4 is 6.09 Å². The van der Waals surface area contributed by atoms with Crippen molar-refractivity contribution in [3.05, 3.63) is 0 Å². The first-order valence-corrected chi connectivity index (χ1v) is 5.07. The van der Waals surface area contributed by atoms with Crippen LogP contribution in [0.5, 0.6) is 0 Å². The van der Waals surface area contributed by atoms with Crippen LogP contribution >= 0.6 is 0 Å². The lowest BCUT2D eigenvalue weighted by atomic mass is 10.0. The Morgan fingerprint density at radius 1 is 1.29 bits per heavy atom. The summed E-state index contributed by atoms with van der Waals surface area (Å²) in [5.74, 6) is 0. The normalized spacial score (nSPS) is 24.7. The van der Waals surface area contributed by atoms with Crippen LogP contribution in [0, 0.1) is 0 Å². The number of likely N-dealkylation sites (tertiary alicyclic amines) is 1. The molecule has 0 radical (unpaired) electrons. The van der Waals surface area contributed by atoms with Gasteiger partial charge in [0.2, 0.25) is 0 Å². The number of hydrogen-bond acceptors (Lipinski definition) is 3. The van der Waals surface area contributed by atoms with Gasteiger partial charge in [0.05, 0.1) is 0 Å². The number of carboxylic acid groups (broad SMARTS) is 1. The summed E-state index contributed by atoms with van der Waals surface area (Å²) in [4.78, 5) is 11.9. The van der Waals surface area contributed by atoms with Crippen LogP contribution in [0.4, 0.5) is 4.79 Å². The number of nitrogens with one attached hydrogen (secondary N) is 1. The van der Waals surface area contributed by atoms with Crippen molar-refractivity contribution in [3.63, 3.8) is 0 Å². The summed E-state index contributed by atoms with van der Waals surface area (Å²) < 4.78 is 5.25. The van der Waals surface area contributed by atoms with Crippen LogP contribution in [0.3, 0.4) is 0 Å². The summed E-state index contributed by atoms with van der Waals surface area (Å²) >= 11 is 0. The Morgan fingerprint density at radius 3 is 2.50 bits per heavy atom. The topological polar surface area (TPSA) is 61.8 Å². The lowest BCUT2D eigenvalue weighted by molar-refractivity contribution is 0.0554. The highest BCUT2D eigenvalue weighted by atomic mass is 16.5. The molecule has 0 aromatic rings. The predicted molar refractivity (Wildman–Crippen MR) is 50.4 cm³/mol. The highest BCUT2D eigenvalue weighted by Gasteiger charge is 2.31. The molecule has 2 saturated heterocycles. The first-order valence-electron chi connectivity index (χ1n) is 5.07. The third kappa shape index (κ3) is 2.16. The molecule has 1 amide bonds. The lowest BCUT2D eigenvalue weighted by Crippen LogP contribution is -2.61. The van der Waals surface area contributed by atoms with Crippen LogP contribution in [0.2, 0.25) is 0 Å². The van der Waals surface area contributed by atoms with Crippen LogP contribution in [0.1, 0.15) is 12.8 Å². The first-order chi connectivity index (χ1) is 6.75. The van der Waals surface area contributed by atoms with E-state index >= 15 is 0 Å². The van der Waals surface area contributed by atoms with Crippen LogP contribution < -0.4 is 5.32 Å². The van der Waals surface area contributed by atoms with Gasteiger partial charge < -0.3 is 20.1 Å². The Morgan fingerprint density at radius 2 is 1.93 bits per heavy atom. The summed E-state index contributed by atoms with van der Waals surface area (Å²) in [6.07, 6.45) is 1.28. The first kappa shape index (κ1) is 9.73. The van der Waals surface area contributed by atoms with Crippen molar-refractivity contribution in [1.82, 2.24) is 10.2 Å². The zero-order valence-electron chi connectivity index (χ0n) is 8.11. The van der Waals surface area contributed by atoms with E-state index in [0.29, 0.717) is 25.2 Å². The fraction of sp³-hybridized carbons (Fsp3) is 0.889. The van der Waals surface area contributed by atoms with Crippen LogP contribution in [-0.2, 0) is 4.74 Å². The third-order valence-electron chi connectivity index (χ3n) is 2.84. The van der Waals surface area contributed by atoms with Gasteiger partial charge in [0.15, 0.2) is 0 Å². The Kier molecular flexibility index (Phi) is 2.88. The van der Waals surface area contributed by atoms with Gasteiger partial charge in [-0.2, -0.15) is 0 Å². The molecule has 0 aliphatic carbocycles. The fourth-order valence-electron chi connectivity index (χ4n) is 1.94. The number of carbonyl (C=O) groups is 1. The predicted octanol–water partition coefficient (Wildman–Crippen LogP) is 0.117. The number of hydrogen-bond donors (Lipinski definition) is 2. The van der Waals surface area contributed by atoms with Gasteiger partial charge in [-0.05, 0) is 12.8 Å². The molecule has 2 aliphatic rings. The van der Waals surface area contributed by atoms with Gasteiger partial charge in [-0.25, -0.2) is 4.79 Å². The number of ether oxygens (including phenoxy) is 1. The zero-order chi connectivity index (χ0) is 9.97. The maximum absolute atomic E-state index is 10.5. The van der Waals surface area contributed by atoms with Crippen LogP contribution in [-0.4, -0.2) is 54.5 Å². The molecule has 0 atom stereocenters. The minimum Gasteiger partial charge on any atom is -0.465 e. The number of amides is 1. The number of nitrogens with zero attached hydrogens (tertiary/aromatic N) is 1. The molecule has 5 nitrogen and oxygen atoms in total. The molecule has 2 N–H and O–H groups in total. The SMILES string of the molecule is O=C(O)N1CC(NC2CCOCC2)C1. The third-order valence-corrected chi connectivity index (χ3v) is 2.84. The summed E-state index contributed by atoms with van der Waals surface area (Å²) in [5, 5.41) is 12.1. The van der Waals surface area contributed by atoms with E-state index in [-0.39, 0.29) is 0 Å². The Labute approximate surface area is 83.0 Å². The standard InChI is InChI=1S/C9H16N2O3/c12-9(13)11-5-8(6-11)10-7-1-3-14-4-2-7/h7-8,10H,1-6H2,(H,12,13). The monoisotopic (exact) mass is 200 g/mol. The Balaban J connectivity index is 1.65. The molecule has 0 aromatic heterocycles.